The first kappa shape index (κ1) is 23.5. The molecule has 6 nitrogen and oxygen atoms in total. The van der Waals surface area contributed by atoms with Gasteiger partial charge in [0.2, 0.25) is 15.9 Å². The molecule has 1 heterocycles. The van der Waals surface area contributed by atoms with E-state index < -0.39 is 31.0 Å². The molecule has 0 aliphatic carbocycles. The summed E-state index contributed by atoms with van der Waals surface area (Å²) in [6, 6.07) is 22.4. The molecule has 33 heavy (non-hydrogen) atoms. The van der Waals surface area contributed by atoms with Crippen LogP contribution >= 0.6 is 11.8 Å². The number of hydrogen-bond donors (Lipinski definition) is 1. The molecule has 0 aromatic heterocycles. The third kappa shape index (κ3) is 5.66. The van der Waals surface area contributed by atoms with Gasteiger partial charge in [0.05, 0.1) is 11.3 Å². The number of benzene rings is 3. The molecule has 0 spiro atoms. The van der Waals surface area contributed by atoms with Crippen LogP contribution in [0.15, 0.2) is 77.7 Å². The largest absolute Gasteiger partial charge is 0.274 e. The van der Waals surface area contributed by atoms with E-state index in [0.717, 1.165) is 28.2 Å². The Labute approximate surface area is 198 Å². The minimum atomic E-state index is -3.62. The van der Waals surface area contributed by atoms with Crippen molar-refractivity contribution < 1.29 is 21.6 Å². The zero-order valence-corrected chi connectivity index (χ0v) is 20.3. The first-order valence-corrected chi connectivity index (χ1v) is 14.8. The lowest BCUT2D eigenvalue weighted by Gasteiger charge is -2.09. The number of carbonyl (C=O) groups is 1. The summed E-state index contributed by atoms with van der Waals surface area (Å²) in [5, 5.41) is -0.812. The molecule has 1 fully saturated rings. The van der Waals surface area contributed by atoms with E-state index in [1.54, 1.807) is 36.0 Å². The van der Waals surface area contributed by atoms with Crippen LogP contribution in [0.4, 0.5) is 0 Å². The van der Waals surface area contributed by atoms with Gasteiger partial charge in [-0.25, -0.2) is 16.8 Å². The normalized spacial score (nSPS) is 17.6. The van der Waals surface area contributed by atoms with Crippen LogP contribution in [0.25, 0.3) is 11.1 Å². The van der Waals surface area contributed by atoms with Gasteiger partial charge in [-0.2, -0.15) is 11.8 Å². The summed E-state index contributed by atoms with van der Waals surface area (Å²) < 4.78 is 49.2. The number of carbonyl (C=O) groups excluding carboxylic acids is 1. The Bertz CT molecular complexity index is 1360. The maximum Gasteiger partial charge on any atom is 0.242 e. The van der Waals surface area contributed by atoms with Crippen LogP contribution in [0.5, 0.6) is 0 Å². The Morgan fingerprint density at radius 1 is 0.848 bits per heavy atom. The van der Waals surface area contributed by atoms with Crippen molar-refractivity contribution in [3.63, 3.8) is 0 Å². The lowest BCUT2D eigenvalue weighted by molar-refractivity contribution is -0.118. The fourth-order valence-electron chi connectivity index (χ4n) is 3.65. The van der Waals surface area contributed by atoms with Crippen molar-refractivity contribution in [3.8, 4) is 11.1 Å². The van der Waals surface area contributed by atoms with E-state index in [1.165, 1.54) is 11.8 Å². The summed E-state index contributed by atoms with van der Waals surface area (Å²) in [7, 11) is -6.82. The van der Waals surface area contributed by atoms with E-state index in [1.807, 2.05) is 41.1 Å². The lowest BCUT2D eigenvalue weighted by Crippen LogP contribution is -2.21. The van der Waals surface area contributed by atoms with Crippen LogP contribution in [-0.2, 0) is 36.2 Å². The molecular weight excluding hydrogens is 478 g/mol. The average molecular weight is 502 g/mol. The molecule has 0 radical (unpaired) electrons. The monoisotopic (exact) mass is 501 g/mol. The Morgan fingerprint density at radius 2 is 1.33 bits per heavy atom. The van der Waals surface area contributed by atoms with Gasteiger partial charge in [-0.15, -0.1) is 0 Å². The van der Waals surface area contributed by atoms with Crippen LogP contribution < -0.4 is 4.72 Å². The second-order valence-electron chi connectivity index (χ2n) is 7.99. The molecule has 1 unspecified atom stereocenters. The predicted molar refractivity (Wildman–Crippen MR) is 131 cm³/mol. The van der Waals surface area contributed by atoms with Crippen molar-refractivity contribution in [2.75, 3.05) is 6.26 Å². The highest BCUT2D eigenvalue weighted by molar-refractivity contribution is 7.97. The van der Waals surface area contributed by atoms with Crippen molar-refractivity contribution in [2.24, 2.45) is 0 Å². The summed E-state index contributed by atoms with van der Waals surface area (Å²) >= 11 is 1.75. The molecule has 0 bridgehead atoms. The van der Waals surface area contributed by atoms with Gasteiger partial charge < -0.3 is 0 Å². The zero-order chi connectivity index (χ0) is 23.6. The van der Waals surface area contributed by atoms with Crippen molar-refractivity contribution in [1.29, 1.82) is 0 Å². The predicted octanol–water partition coefficient (Wildman–Crippen LogP) is 4.08. The lowest BCUT2D eigenvalue weighted by atomic mass is 10.0. The molecule has 1 amide bonds. The summed E-state index contributed by atoms with van der Waals surface area (Å²) in [5.74, 6) is 1.14. The summed E-state index contributed by atoms with van der Waals surface area (Å²) in [6.45, 7) is 0. The maximum absolute atomic E-state index is 12.0. The topological polar surface area (TPSA) is 97.4 Å². The Kier molecular flexibility index (Phi) is 6.65. The highest BCUT2D eigenvalue weighted by Gasteiger charge is 2.37. The number of sulfonamides is 1. The molecule has 1 aliphatic rings. The van der Waals surface area contributed by atoms with E-state index >= 15 is 0 Å². The number of sulfone groups is 1. The summed E-state index contributed by atoms with van der Waals surface area (Å²) in [4.78, 5) is 11.7. The average Bonchev–Trinajstić information content (AvgIpc) is 3.06. The summed E-state index contributed by atoms with van der Waals surface area (Å²) in [5.41, 5.74) is 4.87. The van der Waals surface area contributed by atoms with Crippen molar-refractivity contribution in [1.82, 2.24) is 4.72 Å². The van der Waals surface area contributed by atoms with Gasteiger partial charge in [-0.1, -0.05) is 60.7 Å². The Morgan fingerprint density at radius 3 is 1.79 bits per heavy atom. The first-order valence-electron chi connectivity index (χ1n) is 10.2. The number of rotatable bonds is 7. The quantitative estimate of drug-likeness (QED) is 0.524. The second-order valence-corrected chi connectivity index (χ2v) is 12.9. The van der Waals surface area contributed by atoms with Crippen LogP contribution in [0.3, 0.4) is 0 Å². The van der Waals surface area contributed by atoms with Crippen LogP contribution in [-0.4, -0.2) is 29.0 Å². The van der Waals surface area contributed by atoms with E-state index in [4.69, 9.17) is 0 Å². The molecule has 3 aromatic rings. The third-order valence-corrected chi connectivity index (χ3v) is 9.36. The summed E-state index contributed by atoms with van der Waals surface area (Å²) in [6.07, 6.45) is 1.16. The van der Waals surface area contributed by atoms with Crippen LogP contribution in [0.2, 0.25) is 0 Å². The zero-order valence-electron chi connectivity index (χ0n) is 17.9. The van der Waals surface area contributed by atoms with Gasteiger partial charge in [-0.05, 0) is 39.9 Å². The molecule has 4 rings (SSSR count). The molecule has 1 atom stereocenters. The highest BCUT2D eigenvalue weighted by atomic mass is 32.2. The van der Waals surface area contributed by atoms with E-state index in [-0.39, 0.29) is 6.42 Å². The smallest absolute Gasteiger partial charge is 0.242 e. The molecule has 1 aliphatic heterocycles. The highest BCUT2D eigenvalue weighted by Crippen LogP contribution is 2.30. The fourth-order valence-corrected chi connectivity index (χ4v) is 6.67. The minimum Gasteiger partial charge on any atom is -0.274 e. The van der Waals surface area contributed by atoms with Crippen LogP contribution in [0, 0.1) is 0 Å². The number of hydrogen-bond acceptors (Lipinski definition) is 6. The third-order valence-electron chi connectivity index (χ3n) is 5.46. The van der Waals surface area contributed by atoms with Crippen molar-refractivity contribution in [2.45, 2.75) is 28.1 Å². The van der Waals surface area contributed by atoms with E-state index in [0.29, 0.717) is 10.5 Å². The van der Waals surface area contributed by atoms with E-state index in [2.05, 4.69) is 12.1 Å². The molecule has 1 N–H and O–H groups in total. The molecule has 1 saturated heterocycles. The SMILES string of the molecule is CS(=O)(=O)c1ccc(-c2ccc(CSCc3ccc(C4CC(=O)NS4(=O)=O)cc3)cc2)cc1. The maximum atomic E-state index is 12.0. The van der Waals surface area contributed by atoms with Crippen LogP contribution in [0.1, 0.15) is 28.4 Å². The molecular formula is C24H23NO5S3. The Hall–Kier alpha value is -2.62. The van der Waals surface area contributed by atoms with Gasteiger partial charge in [0.15, 0.2) is 9.84 Å². The molecule has 3 aromatic carbocycles. The molecule has 9 heteroatoms. The van der Waals surface area contributed by atoms with Crippen molar-refractivity contribution in [3.05, 3.63) is 89.5 Å². The van der Waals surface area contributed by atoms with Gasteiger partial charge >= 0.3 is 0 Å². The van der Waals surface area contributed by atoms with E-state index in [9.17, 15) is 21.6 Å². The van der Waals surface area contributed by atoms with Crippen molar-refractivity contribution >= 4 is 37.5 Å². The number of amides is 1. The van der Waals surface area contributed by atoms with Gasteiger partial charge in [0, 0.05) is 17.8 Å². The van der Waals surface area contributed by atoms with Gasteiger partial charge in [0.25, 0.3) is 0 Å². The number of nitrogens with one attached hydrogen (secondary N) is 1. The minimum absolute atomic E-state index is 0.0335. The number of thioether (sulfide) groups is 1. The second kappa shape index (κ2) is 9.32. The standard InChI is InChI=1S/C24H23NO5S3/c1-32(27,28)22-12-10-20(11-13-22)19-6-2-17(3-7-19)15-31-16-18-4-8-21(9-5-18)23-14-24(26)25-33(23,29)30/h2-13,23H,14-16H2,1H3,(H,25,26). The van der Waals surface area contributed by atoms with Gasteiger partial charge in [0.1, 0.15) is 5.25 Å². The molecule has 172 valence electrons. The Balaban J connectivity index is 1.32. The first-order chi connectivity index (χ1) is 15.6. The molecule has 0 saturated carbocycles. The fraction of sp³-hybridized carbons (Fsp3) is 0.208. The van der Waals surface area contributed by atoms with Gasteiger partial charge in [-0.3, -0.25) is 9.52 Å².